The van der Waals surface area contributed by atoms with Gasteiger partial charge in [-0.15, -0.1) is 10.2 Å². The molecule has 0 saturated heterocycles. The molecule has 160 valence electrons. The number of furan rings is 1. The van der Waals surface area contributed by atoms with Gasteiger partial charge in [-0.05, 0) is 28.3 Å². The van der Waals surface area contributed by atoms with E-state index >= 15 is 0 Å². The van der Waals surface area contributed by atoms with Gasteiger partial charge in [0.15, 0.2) is 0 Å². The molecule has 5 aromatic rings. The van der Waals surface area contributed by atoms with Crippen LogP contribution in [0.4, 0.5) is 0 Å². The van der Waals surface area contributed by atoms with Crippen LogP contribution in [-0.2, 0) is 13.0 Å². The molecule has 0 aliphatic heterocycles. The molecule has 0 saturated carbocycles. The summed E-state index contributed by atoms with van der Waals surface area (Å²) in [5.74, 6) is 1.34. The molecule has 8 heteroatoms. The molecule has 0 unspecified atom stereocenters. The first-order valence-electron chi connectivity index (χ1n) is 10.6. The van der Waals surface area contributed by atoms with Crippen LogP contribution in [0.5, 0.6) is 0 Å². The molecule has 0 bridgehead atoms. The predicted molar refractivity (Wildman–Crippen MR) is 121 cm³/mol. The summed E-state index contributed by atoms with van der Waals surface area (Å²) in [4.78, 5) is 17.7. The second-order valence-corrected chi connectivity index (χ2v) is 7.64. The van der Waals surface area contributed by atoms with Crippen LogP contribution < -0.4 is 5.56 Å². The summed E-state index contributed by atoms with van der Waals surface area (Å²) < 4.78 is 7.12. The van der Waals surface area contributed by atoms with Gasteiger partial charge in [0.25, 0.3) is 5.56 Å². The van der Waals surface area contributed by atoms with E-state index in [-0.39, 0.29) is 5.56 Å². The number of nitrogens with one attached hydrogen (secondary N) is 1. The quantitative estimate of drug-likeness (QED) is 0.418. The van der Waals surface area contributed by atoms with Crippen LogP contribution in [0.1, 0.15) is 31.2 Å². The minimum absolute atomic E-state index is 0.141. The molecule has 0 amide bonds. The van der Waals surface area contributed by atoms with Crippen LogP contribution in [-0.4, -0.2) is 30.2 Å². The zero-order valence-electron chi connectivity index (χ0n) is 17.7. The zero-order valence-corrected chi connectivity index (χ0v) is 17.7. The van der Waals surface area contributed by atoms with Gasteiger partial charge in [-0.2, -0.15) is 5.21 Å². The fraction of sp³-hybridized carbons (Fsp3) is 0.208. The number of aromatic amines is 1. The van der Waals surface area contributed by atoms with Gasteiger partial charge in [0.2, 0.25) is 11.4 Å². The number of unbranched alkanes of at least 4 members (excludes halogenated alkanes) is 1. The first kappa shape index (κ1) is 19.9. The van der Waals surface area contributed by atoms with Crippen molar-refractivity contribution in [2.45, 2.75) is 32.7 Å². The Labute approximate surface area is 183 Å². The molecule has 5 rings (SSSR count). The third kappa shape index (κ3) is 3.71. The van der Waals surface area contributed by atoms with Crippen molar-refractivity contribution in [1.29, 1.82) is 0 Å². The van der Waals surface area contributed by atoms with Crippen molar-refractivity contribution in [2.24, 2.45) is 0 Å². The van der Waals surface area contributed by atoms with Crippen molar-refractivity contribution < 1.29 is 4.42 Å². The number of tetrazole rings is 1. The van der Waals surface area contributed by atoms with Crippen LogP contribution in [0.3, 0.4) is 0 Å². The summed E-state index contributed by atoms with van der Waals surface area (Å²) in [6, 6.07) is 17.8. The molecule has 1 N–H and O–H groups in total. The Kier molecular flexibility index (Phi) is 5.33. The van der Waals surface area contributed by atoms with Gasteiger partial charge < -0.3 is 4.42 Å². The molecule has 3 heterocycles. The van der Waals surface area contributed by atoms with Crippen LogP contribution in [0, 0.1) is 0 Å². The smallest absolute Gasteiger partial charge is 0.297 e. The van der Waals surface area contributed by atoms with E-state index in [9.17, 15) is 4.79 Å². The van der Waals surface area contributed by atoms with Crippen molar-refractivity contribution >= 4 is 11.1 Å². The van der Waals surface area contributed by atoms with Crippen LogP contribution >= 0.6 is 0 Å². The third-order valence-corrected chi connectivity index (χ3v) is 5.52. The van der Waals surface area contributed by atoms with Gasteiger partial charge in [-0.3, -0.25) is 9.36 Å². The van der Waals surface area contributed by atoms with Crippen molar-refractivity contribution in [3.63, 3.8) is 0 Å². The van der Waals surface area contributed by atoms with E-state index in [4.69, 9.17) is 4.42 Å². The average Bonchev–Trinajstić information content (AvgIpc) is 3.53. The lowest BCUT2D eigenvalue weighted by molar-refractivity contribution is 0.587. The monoisotopic (exact) mass is 426 g/mol. The lowest BCUT2D eigenvalue weighted by Crippen LogP contribution is -2.25. The summed E-state index contributed by atoms with van der Waals surface area (Å²) in [5, 5.41) is 14.4. The van der Waals surface area contributed by atoms with Crippen LogP contribution in [0.15, 0.2) is 70.1 Å². The molecule has 0 atom stereocenters. The SMILES string of the molecule is CCCCc1nc2ccoc2c(=O)n1Cc1ccc(-c2ccccc2-c2nn[nH]n2)cc1. The number of fused-ring (bicyclic) bond motifs is 1. The number of hydrogen-bond acceptors (Lipinski definition) is 6. The summed E-state index contributed by atoms with van der Waals surface area (Å²) in [5.41, 5.74) is 4.74. The number of aryl methyl sites for hydroxylation is 1. The number of hydrogen-bond donors (Lipinski definition) is 1. The third-order valence-electron chi connectivity index (χ3n) is 5.52. The van der Waals surface area contributed by atoms with E-state index < -0.39 is 0 Å². The highest BCUT2D eigenvalue weighted by molar-refractivity contribution is 5.80. The number of benzene rings is 2. The van der Waals surface area contributed by atoms with E-state index in [1.807, 2.05) is 48.5 Å². The van der Waals surface area contributed by atoms with Gasteiger partial charge in [0.1, 0.15) is 11.3 Å². The van der Waals surface area contributed by atoms with E-state index in [0.29, 0.717) is 23.5 Å². The Morgan fingerprint density at radius 1 is 1.03 bits per heavy atom. The maximum atomic E-state index is 13.0. The Morgan fingerprint density at radius 3 is 2.59 bits per heavy atom. The molecular weight excluding hydrogens is 404 g/mol. The molecule has 0 aliphatic rings. The van der Waals surface area contributed by atoms with Gasteiger partial charge in [0.05, 0.1) is 12.8 Å². The lowest BCUT2D eigenvalue weighted by Gasteiger charge is -2.13. The van der Waals surface area contributed by atoms with E-state index in [1.54, 1.807) is 10.6 Å². The first-order valence-corrected chi connectivity index (χ1v) is 10.6. The predicted octanol–water partition coefficient (Wildman–Crippen LogP) is 4.23. The Balaban J connectivity index is 1.48. The van der Waals surface area contributed by atoms with Crippen molar-refractivity contribution in [3.05, 3.63) is 82.6 Å². The largest absolute Gasteiger partial charge is 0.457 e. The molecule has 0 radical (unpaired) electrons. The number of aromatic nitrogens is 6. The summed E-state index contributed by atoms with van der Waals surface area (Å²) in [6.45, 7) is 2.57. The summed E-state index contributed by atoms with van der Waals surface area (Å²) in [7, 11) is 0. The number of nitrogens with zero attached hydrogens (tertiary/aromatic N) is 5. The minimum Gasteiger partial charge on any atom is -0.457 e. The fourth-order valence-corrected chi connectivity index (χ4v) is 3.86. The normalized spacial score (nSPS) is 11.3. The molecule has 32 heavy (non-hydrogen) atoms. The van der Waals surface area contributed by atoms with Crippen LogP contribution in [0.2, 0.25) is 0 Å². The van der Waals surface area contributed by atoms with Crippen molar-refractivity contribution in [3.8, 4) is 22.5 Å². The Hall–Kier alpha value is -4.07. The highest BCUT2D eigenvalue weighted by Crippen LogP contribution is 2.29. The highest BCUT2D eigenvalue weighted by atomic mass is 16.3. The molecule has 8 nitrogen and oxygen atoms in total. The summed E-state index contributed by atoms with van der Waals surface area (Å²) >= 11 is 0. The molecular formula is C24H22N6O2. The zero-order chi connectivity index (χ0) is 21.9. The summed E-state index contributed by atoms with van der Waals surface area (Å²) in [6.07, 6.45) is 4.28. The van der Waals surface area contributed by atoms with Crippen LogP contribution in [0.25, 0.3) is 33.6 Å². The van der Waals surface area contributed by atoms with E-state index in [0.717, 1.165) is 47.3 Å². The maximum absolute atomic E-state index is 13.0. The fourth-order valence-electron chi connectivity index (χ4n) is 3.86. The maximum Gasteiger partial charge on any atom is 0.297 e. The Morgan fingerprint density at radius 2 is 1.84 bits per heavy atom. The van der Waals surface area contributed by atoms with Gasteiger partial charge in [0, 0.05) is 18.1 Å². The van der Waals surface area contributed by atoms with E-state index in [2.05, 4.69) is 32.5 Å². The molecule has 0 fully saturated rings. The number of H-pyrrole nitrogens is 1. The second-order valence-electron chi connectivity index (χ2n) is 7.64. The standard InChI is InChI=1S/C24H22N6O2/c1-2-3-8-21-25-20-13-14-32-22(20)24(31)30(21)15-16-9-11-17(12-10-16)18-6-4-5-7-19(18)23-26-28-29-27-23/h4-7,9-14H,2-3,8,15H2,1H3,(H,26,27,28,29). The molecule has 2 aromatic carbocycles. The average molecular weight is 426 g/mol. The first-order chi connectivity index (χ1) is 15.7. The number of rotatable bonds is 7. The topological polar surface area (TPSA) is 102 Å². The van der Waals surface area contributed by atoms with Crippen molar-refractivity contribution in [1.82, 2.24) is 30.2 Å². The van der Waals surface area contributed by atoms with E-state index in [1.165, 1.54) is 6.26 Å². The minimum atomic E-state index is -0.141. The van der Waals surface area contributed by atoms with Gasteiger partial charge >= 0.3 is 0 Å². The van der Waals surface area contributed by atoms with Crippen molar-refractivity contribution in [2.75, 3.05) is 0 Å². The highest BCUT2D eigenvalue weighted by Gasteiger charge is 2.14. The Bertz CT molecular complexity index is 1400. The molecule has 3 aromatic heterocycles. The van der Waals surface area contributed by atoms with Gasteiger partial charge in [-0.1, -0.05) is 61.9 Å². The molecule has 0 aliphatic carbocycles. The lowest BCUT2D eigenvalue weighted by atomic mass is 9.98. The van der Waals surface area contributed by atoms with Gasteiger partial charge in [-0.25, -0.2) is 4.98 Å². The second kappa shape index (κ2) is 8.58. The molecule has 0 spiro atoms.